The number of nitrogens with zero attached hydrogens (tertiary/aromatic N) is 1. The second kappa shape index (κ2) is 3.51. The highest BCUT2D eigenvalue weighted by atomic mass is 33.1. The van der Waals surface area contributed by atoms with Crippen molar-refractivity contribution in [2.24, 2.45) is 0 Å². The molecule has 68 valence electrons. The van der Waals surface area contributed by atoms with E-state index in [-0.39, 0.29) is 6.03 Å². The van der Waals surface area contributed by atoms with E-state index >= 15 is 0 Å². The van der Waals surface area contributed by atoms with Crippen LogP contribution in [0.1, 0.15) is 5.56 Å². The zero-order valence-corrected chi connectivity index (χ0v) is 8.44. The van der Waals surface area contributed by atoms with E-state index in [1.165, 1.54) is 0 Å². The van der Waals surface area contributed by atoms with Gasteiger partial charge in [0.15, 0.2) is 0 Å². The van der Waals surface area contributed by atoms with Crippen LogP contribution in [-0.2, 0) is 6.54 Å². The highest BCUT2D eigenvalue weighted by Crippen LogP contribution is 2.28. The Labute approximate surface area is 85.4 Å². The quantitative estimate of drug-likeness (QED) is 0.426. The molecule has 0 saturated carbocycles. The summed E-state index contributed by atoms with van der Waals surface area (Å²) < 4.78 is 1.56. The molecule has 0 aliphatic carbocycles. The average molecular weight is 212 g/mol. The third-order valence-corrected chi connectivity index (χ3v) is 2.98. The lowest BCUT2D eigenvalue weighted by atomic mass is 10.1. The van der Waals surface area contributed by atoms with E-state index in [1.54, 1.807) is 4.31 Å². The first-order valence-electron chi connectivity index (χ1n) is 3.79. The molecule has 3 nitrogen and oxygen atoms in total. The number of anilines is 1. The molecule has 0 unspecified atom stereocenters. The van der Waals surface area contributed by atoms with Gasteiger partial charge in [0.1, 0.15) is 0 Å². The number of carbonyl (C=O) groups excluding carboxylic acids is 1. The lowest BCUT2D eigenvalue weighted by molar-refractivity contribution is 0.236. The Morgan fingerprint density at radius 3 is 3.00 bits per heavy atom. The molecule has 0 radical (unpaired) electrons. The third-order valence-electron chi connectivity index (χ3n) is 1.90. The van der Waals surface area contributed by atoms with Crippen molar-refractivity contribution in [3.05, 3.63) is 29.8 Å². The largest absolute Gasteiger partial charge is 0.332 e. The number of nitrogens with one attached hydrogen (secondary N) is 1. The van der Waals surface area contributed by atoms with Crippen molar-refractivity contribution in [3.8, 4) is 0 Å². The summed E-state index contributed by atoms with van der Waals surface area (Å²) in [7, 11) is 1.13. The smallest absolute Gasteiger partial charge is 0.307 e. The summed E-state index contributed by atoms with van der Waals surface area (Å²) >= 11 is 4.00. The first-order chi connectivity index (χ1) is 6.31. The van der Waals surface area contributed by atoms with Gasteiger partial charge in [0, 0.05) is 16.7 Å². The van der Waals surface area contributed by atoms with E-state index in [2.05, 4.69) is 17.0 Å². The molecule has 2 rings (SSSR count). The SMILES string of the molecule is O=C1Nc2ccccc2CN1SS. The van der Waals surface area contributed by atoms with Crippen LogP contribution in [-0.4, -0.2) is 10.3 Å². The molecule has 0 atom stereocenters. The molecule has 0 bridgehead atoms. The summed E-state index contributed by atoms with van der Waals surface area (Å²) in [5.74, 6) is 0. The van der Waals surface area contributed by atoms with Crippen LogP contribution in [0.15, 0.2) is 24.3 Å². The molecule has 0 saturated heterocycles. The minimum atomic E-state index is -0.112. The molecular formula is C8H8N2OS2. The molecule has 13 heavy (non-hydrogen) atoms. The maximum Gasteiger partial charge on any atom is 0.332 e. The highest BCUT2D eigenvalue weighted by molar-refractivity contribution is 8.67. The van der Waals surface area contributed by atoms with Gasteiger partial charge in [0.05, 0.1) is 6.54 Å². The molecule has 1 aliphatic heterocycles. The predicted octanol–water partition coefficient (Wildman–Crippen LogP) is 2.53. The number of carbonyl (C=O) groups is 1. The molecule has 0 spiro atoms. The molecule has 1 N–H and O–H groups in total. The van der Waals surface area contributed by atoms with Crippen molar-refractivity contribution in [1.82, 2.24) is 4.31 Å². The fourth-order valence-electron chi connectivity index (χ4n) is 1.25. The molecule has 2 amide bonds. The number of rotatable bonds is 1. The second-order valence-electron chi connectivity index (χ2n) is 2.71. The van der Waals surface area contributed by atoms with Crippen LogP contribution >= 0.6 is 22.6 Å². The molecule has 0 fully saturated rings. The Balaban J connectivity index is 2.33. The van der Waals surface area contributed by atoms with Crippen molar-refractivity contribution >= 4 is 34.4 Å². The predicted molar refractivity (Wildman–Crippen MR) is 57.6 cm³/mol. The Morgan fingerprint density at radius 2 is 2.23 bits per heavy atom. The van der Waals surface area contributed by atoms with Gasteiger partial charge >= 0.3 is 6.03 Å². The number of thiol groups is 1. The van der Waals surface area contributed by atoms with Gasteiger partial charge in [-0.05, 0) is 11.6 Å². The normalized spacial score (nSPS) is 15.2. The first-order valence-corrected chi connectivity index (χ1v) is 5.62. The van der Waals surface area contributed by atoms with E-state index in [0.717, 1.165) is 22.2 Å². The molecule has 0 aromatic heterocycles. The fraction of sp³-hybridized carbons (Fsp3) is 0.125. The average Bonchev–Trinajstić information content (AvgIpc) is 2.17. The van der Waals surface area contributed by atoms with Crippen LogP contribution in [0.3, 0.4) is 0 Å². The maximum absolute atomic E-state index is 11.3. The van der Waals surface area contributed by atoms with Crippen molar-refractivity contribution in [2.45, 2.75) is 6.54 Å². The number of fused-ring (bicyclic) bond motifs is 1. The molecule has 5 heteroatoms. The van der Waals surface area contributed by atoms with E-state index in [1.807, 2.05) is 24.3 Å². The summed E-state index contributed by atoms with van der Waals surface area (Å²) in [4.78, 5) is 11.3. The zero-order valence-electron chi connectivity index (χ0n) is 6.73. The summed E-state index contributed by atoms with van der Waals surface area (Å²) in [6, 6.07) is 7.64. The zero-order chi connectivity index (χ0) is 9.26. The lowest BCUT2D eigenvalue weighted by Crippen LogP contribution is -2.32. The van der Waals surface area contributed by atoms with Gasteiger partial charge in [0.25, 0.3) is 0 Å². The Bertz CT molecular complexity index is 343. The number of hydrogen-bond acceptors (Lipinski definition) is 3. The standard InChI is InChI=1S/C8H8N2OS2/c11-8-9-7-4-2-1-3-6(7)5-10(8)13-12/h1-4,12H,5H2,(H,9,11). The second-order valence-corrected chi connectivity index (χ2v) is 3.80. The van der Waals surface area contributed by atoms with E-state index in [0.29, 0.717) is 6.54 Å². The Morgan fingerprint density at radius 1 is 1.46 bits per heavy atom. The summed E-state index contributed by atoms with van der Waals surface area (Å²) in [6.45, 7) is 0.607. The lowest BCUT2D eigenvalue weighted by Gasteiger charge is -2.26. The number of para-hydroxylation sites is 1. The van der Waals surface area contributed by atoms with Crippen molar-refractivity contribution in [1.29, 1.82) is 0 Å². The Hall–Kier alpha value is -0.810. The van der Waals surface area contributed by atoms with Crippen molar-refractivity contribution < 1.29 is 4.79 Å². The van der Waals surface area contributed by atoms with E-state index in [9.17, 15) is 4.79 Å². The van der Waals surface area contributed by atoms with Gasteiger partial charge < -0.3 is 5.32 Å². The van der Waals surface area contributed by atoms with E-state index in [4.69, 9.17) is 0 Å². The molecule has 1 aromatic rings. The monoisotopic (exact) mass is 212 g/mol. The van der Waals surface area contributed by atoms with Crippen molar-refractivity contribution in [2.75, 3.05) is 5.32 Å². The van der Waals surface area contributed by atoms with Gasteiger partial charge in [-0.2, -0.15) is 0 Å². The third kappa shape index (κ3) is 1.62. The van der Waals surface area contributed by atoms with Crippen LogP contribution in [0.25, 0.3) is 0 Å². The molecule has 1 heterocycles. The van der Waals surface area contributed by atoms with Crippen LogP contribution < -0.4 is 5.32 Å². The van der Waals surface area contributed by atoms with Gasteiger partial charge in [-0.15, -0.1) is 0 Å². The number of urea groups is 1. The van der Waals surface area contributed by atoms with Crippen molar-refractivity contribution in [3.63, 3.8) is 0 Å². The molecular weight excluding hydrogens is 204 g/mol. The van der Waals surface area contributed by atoms with Crippen LogP contribution in [0, 0.1) is 0 Å². The summed E-state index contributed by atoms with van der Waals surface area (Å²) in [5.41, 5.74) is 2.01. The van der Waals surface area contributed by atoms with Crippen LogP contribution in [0.2, 0.25) is 0 Å². The molecule has 1 aliphatic rings. The number of benzene rings is 1. The number of hydrogen-bond donors (Lipinski definition) is 2. The van der Waals surface area contributed by atoms with E-state index < -0.39 is 0 Å². The maximum atomic E-state index is 11.3. The highest BCUT2D eigenvalue weighted by Gasteiger charge is 2.21. The van der Waals surface area contributed by atoms with Gasteiger partial charge in [-0.3, -0.25) is 4.31 Å². The summed E-state index contributed by atoms with van der Waals surface area (Å²) in [5, 5.41) is 2.78. The fourth-order valence-corrected chi connectivity index (χ4v) is 1.96. The minimum Gasteiger partial charge on any atom is -0.307 e. The minimum absolute atomic E-state index is 0.112. The number of amides is 2. The topological polar surface area (TPSA) is 32.3 Å². The van der Waals surface area contributed by atoms with Crippen LogP contribution in [0.5, 0.6) is 0 Å². The molecule has 1 aromatic carbocycles. The Kier molecular flexibility index (Phi) is 2.37. The van der Waals surface area contributed by atoms with Gasteiger partial charge in [0.2, 0.25) is 0 Å². The summed E-state index contributed by atoms with van der Waals surface area (Å²) in [6.07, 6.45) is 0. The first kappa shape index (κ1) is 8.77. The van der Waals surface area contributed by atoms with Gasteiger partial charge in [-0.1, -0.05) is 29.9 Å². The van der Waals surface area contributed by atoms with Crippen LogP contribution in [0.4, 0.5) is 10.5 Å². The van der Waals surface area contributed by atoms with Gasteiger partial charge in [-0.25, -0.2) is 4.79 Å².